The Labute approximate surface area is 166 Å². The van der Waals surface area contributed by atoms with Crippen molar-refractivity contribution in [3.05, 3.63) is 66.1 Å². The van der Waals surface area contributed by atoms with Gasteiger partial charge in [-0.15, -0.1) is 0 Å². The van der Waals surface area contributed by atoms with Crippen LogP contribution in [-0.2, 0) is 0 Å². The fourth-order valence-electron chi connectivity index (χ4n) is 4.72. The van der Waals surface area contributed by atoms with Crippen LogP contribution in [0.15, 0.2) is 59.3 Å². The first-order valence-electron chi connectivity index (χ1n) is 10.6. The molecular formula is C26H27NO. The molecule has 0 N–H and O–H groups in total. The van der Waals surface area contributed by atoms with Crippen LogP contribution in [0.25, 0.3) is 33.0 Å². The number of hydrogen-bond donors (Lipinski definition) is 0. The van der Waals surface area contributed by atoms with Gasteiger partial charge in [-0.05, 0) is 65.5 Å². The molecule has 2 nitrogen and oxygen atoms in total. The summed E-state index contributed by atoms with van der Waals surface area (Å²) in [5.74, 6) is 1.18. The number of rotatable bonds is 3. The Morgan fingerprint density at radius 2 is 1.79 bits per heavy atom. The minimum atomic E-state index is 0.464. The summed E-state index contributed by atoms with van der Waals surface area (Å²) < 4.78 is 5.87. The molecule has 0 atom stereocenters. The summed E-state index contributed by atoms with van der Waals surface area (Å²) in [4.78, 5) is 4.79. The Hall–Kier alpha value is -2.61. The van der Waals surface area contributed by atoms with Gasteiger partial charge in [0.05, 0.1) is 12.0 Å². The Morgan fingerprint density at radius 3 is 2.61 bits per heavy atom. The van der Waals surface area contributed by atoms with Gasteiger partial charge in [0.25, 0.3) is 0 Å². The average molecular weight is 370 g/mol. The third-order valence-electron chi connectivity index (χ3n) is 6.36. The van der Waals surface area contributed by atoms with E-state index in [1.165, 1.54) is 54.0 Å². The van der Waals surface area contributed by atoms with E-state index in [0.717, 1.165) is 28.1 Å². The van der Waals surface area contributed by atoms with Gasteiger partial charge < -0.3 is 4.42 Å². The lowest BCUT2D eigenvalue weighted by Crippen LogP contribution is -2.04. The summed E-state index contributed by atoms with van der Waals surface area (Å²) in [6.45, 7) is 4.47. The second kappa shape index (κ2) is 7.09. The molecule has 0 aliphatic heterocycles. The molecule has 2 heterocycles. The smallest absolute Gasteiger partial charge is 0.143 e. The average Bonchev–Trinajstić information content (AvgIpc) is 3.21. The Balaban J connectivity index is 1.67. The first-order valence-corrected chi connectivity index (χ1v) is 10.6. The van der Waals surface area contributed by atoms with Crippen molar-refractivity contribution in [1.29, 1.82) is 0 Å². The van der Waals surface area contributed by atoms with Crippen LogP contribution in [0.3, 0.4) is 0 Å². The van der Waals surface area contributed by atoms with Crippen LogP contribution in [0.1, 0.15) is 68.9 Å². The summed E-state index contributed by atoms with van der Waals surface area (Å²) in [6, 6.07) is 15.7. The second-order valence-electron chi connectivity index (χ2n) is 8.54. The van der Waals surface area contributed by atoms with Crippen LogP contribution < -0.4 is 0 Å². The topological polar surface area (TPSA) is 26.0 Å². The third-order valence-corrected chi connectivity index (χ3v) is 6.36. The van der Waals surface area contributed by atoms with Gasteiger partial charge >= 0.3 is 0 Å². The first kappa shape index (κ1) is 17.5. The van der Waals surface area contributed by atoms with E-state index in [1.54, 1.807) is 6.26 Å². The van der Waals surface area contributed by atoms with Crippen molar-refractivity contribution in [2.75, 3.05) is 0 Å². The number of hydrogen-bond acceptors (Lipinski definition) is 2. The molecule has 1 fully saturated rings. The zero-order valence-electron chi connectivity index (χ0n) is 16.7. The predicted molar refractivity (Wildman–Crippen MR) is 117 cm³/mol. The van der Waals surface area contributed by atoms with Crippen molar-refractivity contribution < 1.29 is 4.42 Å². The van der Waals surface area contributed by atoms with Crippen molar-refractivity contribution in [3.63, 3.8) is 0 Å². The molecule has 2 heteroatoms. The Bertz CT molecular complexity index is 1130. The zero-order valence-corrected chi connectivity index (χ0v) is 16.7. The highest BCUT2D eigenvalue weighted by molar-refractivity contribution is 6.02. The molecule has 1 aliphatic carbocycles. The molecular weight excluding hydrogens is 342 g/mol. The van der Waals surface area contributed by atoms with Gasteiger partial charge in [0.15, 0.2) is 0 Å². The number of fused-ring (bicyclic) bond motifs is 2. The summed E-state index contributed by atoms with van der Waals surface area (Å²) >= 11 is 0. The first-order chi connectivity index (χ1) is 13.7. The van der Waals surface area contributed by atoms with E-state index in [0.29, 0.717) is 5.92 Å². The summed E-state index contributed by atoms with van der Waals surface area (Å²) in [6.07, 6.45) is 10.5. The fraction of sp³-hybridized carbons (Fsp3) is 0.346. The van der Waals surface area contributed by atoms with Gasteiger partial charge in [-0.2, -0.15) is 0 Å². The summed E-state index contributed by atoms with van der Waals surface area (Å²) in [5.41, 5.74) is 5.86. The van der Waals surface area contributed by atoms with Crippen molar-refractivity contribution in [3.8, 4) is 11.3 Å². The fourth-order valence-corrected chi connectivity index (χ4v) is 4.72. The molecule has 1 aliphatic rings. The molecule has 0 unspecified atom stereocenters. The maximum absolute atomic E-state index is 5.87. The number of benzene rings is 2. The van der Waals surface area contributed by atoms with Gasteiger partial charge in [-0.25, -0.2) is 0 Å². The van der Waals surface area contributed by atoms with Crippen LogP contribution in [0.4, 0.5) is 0 Å². The summed E-state index contributed by atoms with van der Waals surface area (Å²) in [7, 11) is 0. The van der Waals surface area contributed by atoms with Crippen molar-refractivity contribution in [2.45, 2.75) is 57.8 Å². The third kappa shape index (κ3) is 3.01. The van der Waals surface area contributed by atoms with Crippen molar-refractivity contribution >= 4 is 21.7 Å². The van der Waals surface area contributed by atoms with Crippen molar-refractivity contribution in [1.82, 2.24) is 4.98 Å². The molecule has 2 aromatic heterocycles. The van der Waals surface area contributed by atoms with Crippen LogP contribution in [0.5, 0.6) is 0 Å². The van der Waals surface area contributed by atoms with Gasteiger partial charge in [0, 0.05) is 22.5 Å². The Kier molecular flexibility index (Phi) is 4.43. The SMILES string of the molecule is CC(C)c1cc(-c2nccc3cc(C4CCCCC4)ccc23)c2occc2c1. The maximum Gasteiger partial charge on any atom is 0.143 e. The molecule has 0 radical (unpaired) electrons. The Morgan fingerprint density at radius 1 is 0.929 bits per heavy atom. The van der Waals surface area contributed by atoms with Crippen LogP contribution in [-0.4, -0.2) is 4.98 Å². The molecule has 0 saturated heterocycles. The van der Waals surface area contributed by atoms with Gasteiger partial charge in [0.2, 0.25) is 0 Å². The minimum Gasteiger partial charge on any atom is -0.464 e. The van der Waals surface area contributed by atoms with Gasteiger partial charge in [0.1, 0.15) is 5.58 Å². The minimum absolute atomic E-state index is 0.464. The molecule has 1 saturated carbocycles. The van der Waals surface area contributed by atoms with Gasteiger partial charge in [-0.1, -0.05) is 51.3 Å². The van der Waals surface area contributed by atoms with E-state index in [-0.39, 0.29) is 0 Å². The lowest BCUT2D eigenvalue weighted by Gasteiger charge is -2.22. The standard InChI is InChI=1S/C26H27NO/c1-17(2)22-15-21-11-13-28-26(21)24(16-22)25-23-9-8-19(14-20(23)10-12-27-25)18-6-4-3-5-7-18/h8-18H,3-7H2,1-2H3. The lowest BCUT2D eigenvalue weighted by atomic mass is 9.83. The monoisotopic (exact) mass is 369 g/mol. The number of nitrogens with zero attached hydrogens (tertiary/aromatic N) is 1. The normalized spacial score (nSPS) is 15.7. The highest BCUT2D eigenvalue weighted by atomic mass is 16.3. The molecule has 0 amide bonds. The second-order valence-corrected chi connectivity index (χ2v) is 8.54. The molecule has 2 aromatic carbocycles. The lowest BCUT2D eigenvalue weighted by molar-refractivity contribution is 0.444. The number of pyridine rings is 1. The molecule has 0 bridgehead atoms. The van der Waals surface area contributed by atoms with Crippen LogP contribution in [0.2, 0.25) is 0 Å². The quantitative estimate of drug-likeness (QED) is 0.368. The van der Waals surface area contributed by atoms with Gasteiger partial charge in [-0.3, -0.25) is 4.98 Å². The number of furan rings is 1. The number of aromatic nitrogens is 1. The molecule has 142 valence electrons. The maximum atomic E-state index is 5.87. The van der Waals surface area contributed by atoms with E-state index < -0.39 is 0 Å². The highest BCUT2D eigenvalue weighted by Crippen LogP contribution is 2.38. The van der Waals surface area contributed by atoms with E-state index in [4.69, 9.17) is 9.40 Å². The van der Waals surface area contributed by atoms with E-state index in [2.05, 4.69) is 56.3 Å². The molecule has 28 heavy (non-hydrogen) atoms. The molecule has 4 aromatic rings. The predicted octanol–water partition coefficient (Wildman–Crippen LogP) is 7.82. The van der Waals surface area contributed by atoms with E-state index in [9.17, 15) is 0 Å². The zero-order chi connectivity index (χ0) is 19.1. The largest absolute Gasteiger partial charge is 0.464 e. The van der Waals surface area contributed by atoms with Crippen LogP contribution in [0, 0.1) is 0 Å². The van der Waals surface area contributed by atoms with Crippen molar-refractivity contribution in [2.24, 2.45) is 0 Å². The van der Waals surface area contributed by atoms with Crippen LogP contribution >= 0.6 is 0 Å². The highest BCUT2D eigenvalue weighted by Gasteiger charge is 2.18. The molecule has 0 spiro atoms. The summed E-state index contributed by atoms with van der Waals surface area (Å²) in [5, 5.41) is 3.64. The van der Waals surface area contributed by atoms with E-state index in [1.807, 2.05) is 6.20 Å². The molecule has 5 rings (SSSR count). The van der Waals surface area contributed by atoms with E-state index >= 15 is 0 Å².